The van der Waals surface area contributed by atoms with Gasteiger partial charge in [0.2, 0.25) is 0 Å². The van der Waals surface area contributed by atoms with Gasteiger partial charge in [-0.05, 0) is 42.6 Å². The third-order valence-electron chi connectivity index (χ3n) is 4.58. The van der Waals surface area contributed by atoms with Gasteiger partial charge in [-0.25, -0.2) is 4.98 Å². The first-order chi connectivity index (χ1) is 10.2. The molecule has 0 unspecified atom stereocenters. The van der Waals surface area contributed by atoms with Gasteiger partial charge in [0, 0.05) is 42.5 Å². The minimum Gasteiger partial charge on any atom is -0.384 e. The van der Waals surface area contributed by atoms with E-state index in [1.165, 1.54) is 6.42 Å². The number of nitrogen functional groups attached to an aromatic ring is 1. The summed E-state index contributed by atoms with van der Waals surface area (Å²) in [6, 6.07) is 7.54. The van der Waals surface area contributed by atoms with Gasteiger partial charge in [-0.3, -0.25) is 4.79 Å². The molecule has 108 valence electrons. The second kappa shape index (κ2) is 4.70. The quantitative estimate of drug-likeness (QED) is 0.824. The van der Waals surface area contributed by atoms with Gasteiger partial charge in [0.1, 0.15) is 5.82 Å². The molecule has 2 aliphatic heterocycles. The number of nitrogens with one attached hydrogen (secondary N) is 1. The molecule has 0 saturated carbocycles. The van der Waals surface area contributed by atoms with Gasteiger partial charge in [-0.1, -0.05) is 0 Å². The van der Waals surface area contributed by atoms with Gasteiger partial charge in [-0.15, -0.1) is 0 Å². The summed E-state index contributed by atoms with van der Waals surface area (Å²) in [6.45, 7) is 2.81. The van der Waals surface area contributed by atoms with E-state index in [2.05, 4.69) is 16.4 Å². The molecule has 4 heterocycles. The lowest BCUT2D eigenvalue weighted by Crippen LogP contribution is -2.44. The minimum atomic E-state index is 0.0934. The highest BCUT2D eigenvalue weighted by Crippen LogP contribution is 2.33. The summed E-state index contributed by atoms with van der Waals surface area (Å²) >= 11 is 0. The number of hydrogen-bond donors (Lipinski definition) is 2. The van der Waals surface area contributed by atoms with Crippen LogP contribution in [0.1, 0.15) is 18.0 Å². The molecule has 2 bridgehead atoms. The Bertz CT molecular complexity index is 735. The fourth-order valence-electron chi connectivity index (χ4n) is 3.55. The van der Waals surface area contributed by atoms with Crippen LogP contribution >= 0.6 is 0 Å². The molecule has 1 saturated heterocycles. The van der Waals surface area contributed by atoms with Gasteiger partial charge < -0.3 is 15.6 Å². The Hall–Kier alpha value is -2.14. The van der Waals surface area contributed by atoms with Crippen LogP contribution in [0.3, 0.4) is 0 Å². The molecule has 2 aromatic heterocycles. The van der Waals surface area contributed by atoms with Crippen LogP contribution in [0.4, 0.5) is 5.82 Å². The smallest absolute Gasteiger partial charge is 0.251 e. The predicted octanol–water partition coefficient (Wildman–Crippen LogP) is 1.20. The van der Waals surface area contributed by atoms with Crippen molar-refractivity contribution in [1.82, 2.24) is 14.9 Å². The van der Waals surface area contributed by atoms with Crippen LogP contribution in [0.25, 0.3) is 11.1 Å². The van der Waals surface area contributed by atoms with Gasteiger partial charge >= 0.3 is 0 Å². The number of aromatic nitrogens is 2. The molecule has 1 fully saturated rings. The predicted molar refractivity (Wildman–Crippen MR) is 82.1 cm³/mol. The standard InChI is InChI=1S/C16H18N4O/c17-15-2-1-11(8-19-15)12-4-14-13-3-10(6-18-7-13)9-20(14)16(21)5-12/h1-2,4-5,8,10,13,18H,3,6-7,9H2,(H2,17,19)/t10-,13+/m0/s1. The summed E-state index contributed by atoms with van der Waals surface area (Å²) in [6.07, 6.45) is 2.90. The zero-order valence-electron chi connectivity index (χ0n) is 11.7. The average molecular weight is 282 g/mol. The molecule has 4 rings (SSSR count). The minimum absolute atomic E-state index is 0.0934. The Morgan fingerprint density at radius 1 is 1.24 bits per heavy atom. The zero-order valence-corrected chi connectivity index (χ0v) is 11.7. The first kappa shape index (κ1) is 12.6. The van der Waals surface area contributed by atoms with Crippen molar-refractivity contribution in [2.45, 2.75) is 18.9 Å². The maximum absolute atomic E-state index is 12.5. The lowest BCUT2D eigenvalue weighted by atomic mass is 9.83. The molecule has 2 aliphatic rings. The monoisotopic (exact) mass is 282 g/mol. The van der Waals surface area contributed by atoms with Crippen molar-refractivity contribution in [3.8, 4) is 11.1 Å². The number of fused-ring (bicyclic) bond motifs is 4. The molecule has 5 heteroatoms. The highest BCUT2D eigenvalue weighted by atomic mass is 16.1. The van der Waals surface area contributed by atoms with Crippen LogP contribution in [0.5, 0.6) is 0 Å². The molecule has 5 nitrogen and oxygen atoms in total. The molecule has 0 radical (unpaired) electrons. The molecule has 2 atom stereocenters. The van der Waals surface area contributed by atoms with Crippen molar-refractivity contribution < 1.29 is 0 Å². The largest absolute Gasteiger partial charge is 0.384 e. The topological polar surface area (TPSA) is 72.9 Å². The summed E-state index contributed by atoms with van der Waals surface area (Å²) in [4.78, 5) is 16.6. The summed E-state index contributed by atoms with van der Waals surface area (Å²) in [5.41, 5.74) is 8.74. The molecule has 0 aromatic carbocycles. The van der Waals surface area contributed by atoms with Gasteiger partial charge in [-0.2, -0.15) is 0 Å². The second-order valence-electron chi connectivity index (χ2n) is 6.05. The Balaban J connectivity index is 1.83. The summed E-state index contributed by atoms with van der Waals surface area (Å²) < 4.78 is 1.95. The summed E-state index contributed by atoms with van der Waals surface area (Å²) in [5.74, 6) is 1.51. The van der Waals surface area contributed by atoms with Gasteiger partial charge in [0.05, 0.1) is 0 Å². The molecular formula is C16H18N4O. The summed E-state index contributed by atoms with van der Waals surface area (Å²) in [5, 5.41) is 3.47. The number of anilines is 1. The van der Waals surface area contributed by atoms with Crippen molar-refractivity contribution in [2.75, 3.05) is 18.8 Å². The second-order valence-corrected chi connectivity index (χ2v) is 6.05. The van der Waals surface area contributed by atoms with E-state index in [4.69, 9.17) is 5.73 Å². The Kier molecular flexibility index (Phi) is 2.82. The molecule has 0 spiro atoms. The lowest BCUT2D eigenvalue weighted by Gasteiger charge is -2.37. The van der Waals surface area contributed by atoms with Crippen molar-refractivity contribution in [2.24, 2.45) is 5.92 Å². The molecule has 3 N–H and O–H groups in total. The van der Waals surface area contributed by atoms with Crippen LogP contribution in [-0.2, 0) is 6.54 Å². The van der Waals surface area contributed by atoms with E-state index < -0.39 is 0 Å². The maximum atomic E-state index is 12.5. The van der Waals surface area contributed by atoms with E-state index >= 15 is 0 Å². The third kappa shape index (κ3) is 2.14. The van der Waals surface area contributed by atoms with Crippen LogP contribution in [0, 0.1) is 5.92 Å². The fraction of sp³-hybridized carbons (Fsp3) is 0.375. The van der Waals surface area contributed by atoms with Crippen LogP contribution < -0.4 is 16.6 Å². The van der Waals surface area contributed by atoms with Gasteiger partial charge in [0.25, 0.3) is 5.56 Å². The number of nitrogens with two attached hydrogens (primary N) is 1. The van der Waals surface area contributed by atoms with Crippen LogP contribution in [0.2, 0.25) is 0 Å². The number of rotatable bonds is 1. The van der Waals surface area contributed by atoms with E-state index in [-0.39, 0.29) is 5.56 Å². The lowest BCUT2D eigenvalue weighted by molar-refractivity contribution is 0.257. The number of pyridine rings is 2. The van der Waals surface area contributed by atoms with E-state index in [9.17, 15) is 4.79 Å². The Morgan fingerprint density at radius 2 is 2.14 bits per heavy atom. The SMILES string of the molecule is Nc1ccc(-c2cc3n(c(=O)c2)C[C@@H]2CNC[C@H]3C2)cn1. The number of hydrogen-bond acceptors (Lipinski definition) is 4. The summed E-state index contributed by atoms with van der Waals surface area (Å²) in [7, 11) is 0. The highest BCUT2D eigenvalue weighted by Gasteiger charge is 2.31. The zero-order chi connectivity index (χ0) is 14.4. The number of piperidine rings is 1. The van der Waals surface area contributed by atoms with E-state index in [1.807, 2.05) is 10.6 Å². The van der Waals surface area contributed by atoms with E-state index in [0.717, 1.165) is 36.5 Å². The normalized spacial score (nSPS) is 23.6. The van der Waals surface area contributed by atoms with Crippen molar-refractivity contribution in [1.29, 1.82) is 0 Å². The van der Waals surface area contributed by atoms with Crippen LogP contribution in [-0.4, -0.2) is 22.6 Å². The molecule has 0 amide bonds. The molecule has 2 aromatic rings. The highest BCUT2D eigenvalue weighted by molar-refractivity contribution is 5.63. The van der Waals surface area contributed by atoms with Gasteiger partial charge in [0.15, 0.2) is 0 Å². The molecule has 21 heavy (non-hydrogen) atoms. The van der Waals surface area contributed by atoms with Crippen molar-refractivity contribution in [3.05, 3.63) is 46.5 Å². The molecular weight excluding hydrogens is 264 g/mol. The van der Waals surface area contributed by atoms with Crippen molar-refractivity contribution in [3.63, 3.8) is 0 Å². The first-order valence-corrected chi connectivity index (χ1v) is 7.38. The fourth-order valence-corrected chi connectivity index (χ4v) is 3.55. The third-order valence-corrected chi connectivity index (χ3v) is 4.58. The van der Waals surface area contributed by atoms with E-state index in [1.54, 1.807) is 18.3 Å². The van der Waals surface area contributed by atoms with Crippen LogP contribution in [0.15, 0.2) is 35.3 Å². The van der Waals surface area contributed by atoms with Crippen molar-refractivity contribution >= 4 is 5.82 Å². The maximum Gasteiger partial charge on any atom is 0.251 e. The number of nitrogens with zero attached hydrogens (tertiary/aromatic N) is 2. The Morgan fingerprint density at radius 3 is 2.95 bits per heavy atom. The average Bonchev–Trinajstić information content (AvgIpc) is 2.49. The Labute approximate surface area is 122 Å². The first-order valence-electron chi connectivity index (χ1n) is 7.38. The molecule has 0 aliphatic carbocycles. The van der Waals surface area contributed by atoms with E-state index in [0.29, 0.717) is 17.7 Å².